The van der Waals surface area contributed by atoms with Crippen LogP contribution in [-0.4, -0.2) is 43.7 Å². The number of nitrogens with one attached hydrogen (secondary N) is 1. The number of likely N-dealkylation sites (tertiary alicyclic amines) is 1. The number of piperidine rings is 1. The minimum Gasteiger partial charge on any atom is -0.492 e. The highest BCUT2D eigenvalue weighted by Gasteiger charge is 2.23. The van der Waals surface area contributed by atoms with Gasteiger partial charge in [-0.25, -0.2) is 0 Å². The highest BCUT2D eigenvalue weighted by molar-refractivity contribution is 5.26. The summed E-state index contributed by atoms with van der Waals surface area (Å²) in [5.41, 5.74) is 1.27. The van der Waals surface area contributed by atoms with E-state index >= 15 is 0 Å². The van der Waals surface area contributed by atoms with Crippen molar-refractivity contribution < 1.29 is 4.74 Å². The van der Waals surface area contributed by atoms with Gasteiger partial charge < -0.3 is 15.0 Å². The Morgan fingerprint density at radius 2 is 1.81 bits per heavy atom. The number of nitrogens with zero attached hydrogens (tertiary/aromatic N) is 1. The van der Waals surface area contributed by atoms with Gasteiger partial charge in [0.05, 0.1) is 0 Å². The first-order valence-corrected chi connectivity index (χ1v) is 8.18. The smallest absolute Gasteiger partial charge is 0.119 e. The lowest BCUT2D eigenvalue weighted by Gasteiger charge is -2.34. The van der Waals surface area contributed by atoms with E-state index in [1.165, 1.54) is 31.5 Å². The number of ether oxygens (including phenoxy) is 1. The van der Waals surface area contributed by atoms with Crippen LogP contribution in [0.25, 0.3) is 0 Å². The first kappa shape index (κ1) is 16.3. The molecular weight excluding hydrogens is 260 g/mol. The second-order valence-electron chi connectivity index (χ2n) is 6.62. The third-order valence-electron chi connectivity index (χ3n) is 4.54. The van der Waals surface area contributed by atoms with Gasteiger partial charge in [0.1, 0.15) is 12.4 Å². The Balaban J connectivity index is 1.71. The topological polar surface area (TPSA) is 24.5 Å². The first-order valence-electron chi connectivity index (χ1n) is 8.18. The summed E-state index contributed by atoms with van der Waals surface area (Å²) >= 11 is 0. The van der Waals surface area contributed by atoms with Crippen LogP contribution < -0.4 is 10.1 Å². The average Bonchev–Trinajstić information content (AvgIpc) is 2.47. The lowest BCUT2D eigenvalue weighted by Crippen LogP contribution is -2.45. The van der Waals surface area contributed by atoms with Crippen molar-refractivity contribution in [1.82, 2.24) is 10.2 Å². The summed E-state index contributed by atoms with van der Waals surface area (Å²) in [6, 6.07) is 9.21. The molecule has 21 heavy (non-hydrogen) atoms. The molecule has 1 N–H and O–H groups in total. The summed E-state index contributed by atoms with van der Waals surface area (Å²) in [6.45, 7) is 9.80. The zero-order valence-corrected chi connectivity index (χ0v) is 13.9. The van der Waals surface area contributed by atoms with Crippen molar-refractivity contribution in [3.63, 3.8) is 0 Å². The fourth-order valence-corrected chi connectivity index (χ4v) is 3.02. The van der Waals surface area contributed by atoms with Crippen molar-refractivity contribution in [2.75, 3.05) is 26.7 Å². The van der Waals surface area contributed by atoms with E-state index < -0.39 is 0 Å². The zero-order valence-electron chi connectivity index (χ0n) is 13.9. The van der Waals surface area contributed by atoms with E-state index in [9.17, 15) is 0 Å². The van der Waals surface area contributed by atoms with E-state index in [1.54, 1.807) is 0 Å². The fraction of sp³-hybridized carbons (Fsp3) is 0.667. The molecule has 118 valence electrons. The minimum absolute atomic E-state index is 0.376. The van der Waals surface area contributed by atoms with Crippen LogP contribution in [0.3, 0.4) is 0 Å². The Bertz CT molecular complexity index is 410. The van der Waals surface area contributed by atoms with E-state index in [2.05, 4.69) is 50.2 Å². The maximum absolute atomic E-state index is 5.86. The molecule has 0 saturated carbocycles. The lowest BCUT2D eigenvalue weighted by atomic mass is 9.90. The van der Waals surface area contributed by atoms with E-state index in [4.69, 9.17) is 4.74 Å². The standard InChI is InChI=1S/C18H30N2O/c1-14-5-7-18(8-6-14)21-13-15(2)19-16(3)17-9-11-20(4)12-10-17/h5-8,15-17,19H,9-13H2,1-4H3. The first-order chi connectivity index (χ1) is 10.0. The van der Waals surface area contributed by atoms with Crippen molar-refractivity contribution in [1.29, 1.82) is 0 Å². The second-order valence-corrected chi connectivity index (χ2v) is 6.62. The molecule has 2 rings (SSSR count). The van der Waals surface area contributed by atoms with Crippen molar-refractivity contribution in [3.8, 4) is 5.75 Å². The molecule has 3 heteroatoms. The highest BCUT2D eigenvalue weighted by atomic mass is 16.5. The van der Waals surface area contributed by atoms with Gasteiger partial charge in [-0.3, -0.25) is 0 Å². The molecule has 1 aromatic rings. The number of benzene rings is 1. The van der Waals surface area contributed by atoms with Crippen molar-refractivity contribution in [3.05, 3.63) is 29.8 Å². The van der Waals surface area contributed by atoms with Crippen LogP contribution in [0.15, 0.2) is 24.3 Å². The number of hydrogen-bond donors (Lipinski definition) is 1. The molecule has 1 fully saturated rings. The highest BCUT2D eigenvalue weighted by Crippen LogP contribution is 2.20. The SMILES string of the molecule is Cc1ccc(OCC(C)NC(C)C2CCN(C)CC2)cc1. The average molecular weight is 290 g/mol. The largest absolute Gasteiger partial charge is 0.492 e. The summed E-state index contributed by atoms with van der Waals surface area (Å²) in [5, 5.41) is 3.70. The molecular formula is C18H30N2O. The molecule has 1 aliphatic heterocycles. The molecule has 2 atom stereocenters. The molecule has 0 aliphatic carbocycles. The molecule has 0 spiro atoms. The molecule has 0 amide bonds. The van der Waals surface area contributed by atoms with Crippen LogP contribution in [0.4, 0.5) is 0 Å². The van der Waals surface area contributed by atoms with Crippen LogP contribution in [0.1, 0.15) is 32.3 Å². The van der Waals surface area contributed by atoms with Gasteiger partial charge in [-0.15, -0.1) is 0 Å². The predicted octanol–water partition coefficient (Wildman–Crippen LogP) is 3.08. The minimum atomic E-state index is 0.376. The van der Waals surface area contributed by atoms with Crippen LogP contribution in [-0.2, 0) is 0 Å². The van der Waals surface area contributed by atoms with E-state index in [-0.39, 0.29) is 0 Å². The Hall–Kier alpha value is -1.06. The van der Waals surface area contributed by atoms with Gasteiger partial charge in [-0.2, -0.15) is 0 Å². The quantitative estimate of drug-likeness (QED) is 0.871. The third kappa shape index (κ3) is 5.33. The summed E-state index contributed by atoms with van der Waals surface area (Å²) < 4.78 is 5.86. The number of rotatable bonds is 6. The molecule has 1 heterocycles. The summed E-state index contributed by atoms with van der Waals surface area (Å²) in [7, 11) is 2.21. The third-order valence-corrected chi connectivity index (χ3v) is 4.54. The number of aryl methyl sites for hydroxylation is 1. The summed E-state index contributed by atoms with van der Waals surface area (Å²) in [4.78, 5) is 2.42. The van der Waals surface area contributed by atoms with Crippen molar-refractivity contribution in [2.24, 2.45) is 5.92 Å². The van der Waals surface area contributed by atoms with Gasteiger partial charge >= 0.3 is 0 Å². The van der Waals surface area contributed by atoms with Gasteiger partial charge in [0.25, 0.3) is 0 Å². The van der Waals surface area contributed by atoms with Crippen molar-refractivity contribution in [2.45, 2.75) is 45.7 Å². The van der Waals surface area contributed by atoms with E-state index in [0.717, 1.165) is 18.3 Å². The molecule has 0 bridgehead atoms. The molecule has 1 aliphatic rings. The molecule has 2 unspecified atom stereocenters. The molecule has 1 aromatic carbocycles. The van der Waals surface area contributed by atoms with Gasteiger partial charge in [0.2, 0.25) is 0 Å². The van der Waals surface area contributed by atoms with E-state index in [0.29, 0.717) is 12.1 Å². The van der Waals surface area contributed by atoms with Crippen molar-refractivity contribution >= 4 is 0 Å². The fourth-order valence-electron chi connectivity index (χ4n) is 3.02. The second kappa shape index (κ2) is 7.81. The summed E-state index contributed by atoms with van der Waals surface area (Å²) in [6.07, 6.45) is 2.60. The Labute approximate surface area is 129 Å². The van der Waals surface area contributed by atoms with Crippen LogP contribution in [0.2, 0.25) is 0 Å². The summed E-state index contributed by atoms with van der Waals surface area (Å²) in [5.74, 6) is 1.75. The molecule has 1 saturated heterocycles. The normalized spacial score (nSPS) is 20.2. The zero-order chi connectivity index (χ0) is 15.2. The monoisotopic (exact) mass is 290 g/mol. The Morgan fingerprint density at radius 1 is 1.19 bits per heavy atom. The predicted molar refractivity (Wildman–Crippen MR) is 89.0 cm³/mol. The maximum atomic E-state index is 5.86. The number of hydrogen-bond acceptors (Lipinski definition) is 3. The maximum Gasteiger partial charge on any atom is 0.119 e. The Morgan fingerprint density at radius 3 is 2.43 bits per heavy atom. The van der Waals surface area contributed by atoms with Gasteiger partial charge in [-0.1, -0.05) is 17.7 Å². The Kier molecular flexibility index (Phi) is 6.07. The van der Waals surface area contributed by atoms with Crippen LogP contribution >= 0.6 is 0 Å². The lowest BCUT2D eigenvalue weighted by molar-refractivity contribution is 0.175. The molecule has 3 nitrogen and oxygen atoms in total. The molecule has 0 radical (unpaired) electrons. The van der Waals surface area contributed by atoms with Gasteiger partial charge in [-0.05, 0) is 71.8 Å². The van der Waals surface area contributed by atoms with Crippen LogP contribution in [0, 0.1) is 12.8 Å². The molecule has 0 aromatic heterocycles. The van der Waals surface area contributed by atoms with Gasteiger partial charge in [0.15, 0.2) is 0 Å². The van der Waals surface area contributed by atoms with Gasteiger partial charge in [0, 0.05) is 12.1 Å². The van der Waals surface area contributed by atoms with E-state index in [1.807, 2.05) is 12.1 Å². The van der Waals surface area contributed by atoms with Crippen LogP contribution in [0.5, 0.6) is 5.75 Å².